The molecule has 1 aromatic carbocycles. The first-order valence-corrected chi connectivity index (χ1v) is 8.49. The van der Waals surface area contributed by atoms with Crippen LogP contribution in [0.15, 0.2) is 44.6 Å². The number of nitro groups is 1. The van der Waals surface area contributed by atoms with Crippen molar-refractivity contribution >= 4 is 29.0 Å². The SMILES string of the molecule is Cc1cccc([N+](=O)[O-])c1NC(=O)CSc1nnc(-c2ccoc2C)o1. The van der Waals surface area contributed by atoms with Crippen molar-refractivity contribution in [3.05, 3.63) is 52.0 Å². The summed E-state index contributed by atoms with van der Waals surface area (Å²) < 4.78 is 10.7. The van der Waals surface area contributed by atoms with Crippen LogP contribution in [0.3, 0.4) is 0 Å². The van der Waals surface area contributed by atoms with Gasteiger partial charge >= 0.3 is 0 Å². The van der Waals surface area contributed by atoms with E-state index in [4.69, 9.17) is 8.83 Å². The maximum Gasteiger partial charge on any atom is 0.293 e. The first-order chi connectivity index (χ1) is 12.5. The highest BCUT2D eigenvalue weighted by Crippen LogP contribution is 2.29. The Bertz CT molecular complexity index is 965. The fourth-order valence-corrected chi connectivity index (χ4v) is 2.82. The van der Waals surface area contributed by atoms with Gasteiger partial charge in [0.1, 0.15) is 11.4 Å². The molecule has 10 heteroatoms. The number of furan rings is 1. The van der Waals surface area contributed by atoms with Crippen LogP contribution in [0, 0.1) is 24.0 Å². The minimum Gasteiger partial charge on any atom is -0.469 e. The number of hydrogen-bond donors (Lipinski definition) is 1. The number of nitrogens with one attached hydrogen (secondary N) is 1. The van der Waals surface area contributed by atoms with Gasteiger partial charge in [0.15, 0.2) is 0 Å². The molecule has 3 rings (SSSR count). The van der Waals surface area contributed by atoms with Gasteiger partial charge in [0.25, 0.3) is 16.8 Å². The summed E-state index contributed by atoms with van der Waals surface area (Å²) in [4.78, 5) is 22.7. The first kappa shape index (κ1) is 17.7. The molecule has 0 fully saturated rings. The van der Waals surface area contributed by atoms with Gasteiger partial charge in [-0.25, -0.2) is 0 Å². The number of anilines is 1. The zero-order valence-electron chi connectivity index (χ0n) is 13.9. The van der Waals surface area contributed by atoms with E-state index in [1.54, 1.807) is 32.0 Å². The van der Waals surface area contributed by atoms with Crippen molar-refractivity contribution in [3.8, 4) is 11.5 Å². The molecule has 0 aliphatic rings. The minimum absolute atomic E-state index is 0.0303. The Labute approximate surface area is 151 Å². The molecular weight excluding hydrogens is 360 g/mol. The topological polar surface area (TPSA) is 124 Å². The molecule has 0 atom stereocenters. The number of rotatable bonds is 6. The number of benzene rings is 1. The molecule has 0 radical (unpaired) electrons. The lowest BCUT2D eigenvalue weighted by molar-refractivity contribution is -0.384. The summed E-state index contributed by atoms with van der Waals surface area (Å²) in [7, 11) is 0. The van der Waals surface area contributed by atoms with E-state index >= 15 is 0 Å². The minimum atomic E-state index is -0.534. The highest BCUT2D eigenvalue weighted by atomic mass is 32.2. The first-order valence-electron chi connectivity index (χ1n) is 7.50. The number of carbonyl (C=O) groups is 1. The van der Waals surface area contributed by atoms with E-state index in [1.807, 2.05) is 0 Å². The standard InChI is InChI=1S/C16H14N4O5S/c1-9-4-3-5-12(20(22)23)14(9)17-13(21)8-26-16-19-18-15(25-16)11-6-7-24-10(11)2/h3-7H,8H2,1-2H3,(H,17,21). The van der Waals surface area contributed by atoms with Crippen LogP contribution in [0.1, 0.15) is 11.3 Å². The summed E-state index contributed by atoms with van der Waals surface area (Å²) in [6.45, 7) is 3.46. The molecule has 0 bridgehead atoms. The third-order valence-corrected chi connectivity index (χ3v) is 4.35. The number of carbonyl (C=O) groups excluding carboxylic acids is 1. The van der Waals surface area contributed by atoms with Crippen molar-refractivity contribution in [1.29, 1.82) is 0 Å². The third-order valence-electron chi connectivity index (χ3n) is 3.53. The zero-order valence-corrected chi connectivity index (χ0v) is 14.7. The van der Waals surface area contributed by atoms with E-state index < -0.39 is 10.8 Å². The van der Waals surface area contributed by atoms with Crippen LogP contribution < -0.4 is 5.32 Å². The van der Waals surface area contributed by atoms with Crippen molar-refractivity contribution in [1.82, 2.24) is 10.2 Å². The third kappa shape index (κ3) is 3.75. The second kappa shape index (κ2) is 7.40. The predicted molar refractivity (Wildman–Crippen MR) is 93.9 cm³/mol. The van der Waals surface area contributed by atoms with Crippen LogP contribution in [0.5, 0.6) is 0 Å². The van der Waals surface area contributed by atoms with E-state index in [9.17, 15) is 14.9 Å². The van der Waals surface area contributed by atoms with Gasteiger partial charge in [0.2, 0.25) is 5.91 Å². The Kier molecular flexibility index (Phi) is 5.03. The molecule has 1 amide bonds. The van der Waals surface area contributed by atoms with E-state index in [-0.39, 0.29) is 22.4 Å². The largest absolute Gasteiger partial charge is 0.469 e. The summed E-state index contributed by atoms with van der Waals surface area (Å²) in [5, 5.41) is 21.7. The molecule has 0 saturated carbocycles. The number of hydrogen-bond acceptors (Lipinski definition) is 8. The van der Waals surface area contributed by atoms with Crippen LogP contribution in [0.2, 0.25) is 0 Å². The summed E-state index contributed by atoms with van der Waals surface area (Å²) in [5.41, 5.74) is 1.32. The van der Waals surface area contributed by atoms with Gasteiger partial charge in [-0.05, 0) is 25.5 Å². The van der Waals surface area contributed by atoms with Crippen LogP contribution in [0.4, 0.5) is 11.4 Å². The predicted octanol–water partition coefficient (Wildman–Crippen LogP) is 3.59. The molecule has 1 N–H and O–H groups in total. The van der Waals surface area contributed by atoms with Crippen LogP contribution >= 0.6 is 11.8 Å². The average molecular weight is 374 g/mol. The maximum atomic E-state index is 12.1. The molecule has 134 valence electrons. The Hall–Kier alpha value is -3.14. The molecular formula is C16H14N4O5S. The van der Waals surface area contributed by atoms with Gasteiger partial charge in [0, 0.05) is 6.07 Å². The monoisotopic (exact) mass is 374 g/mol. The van der Waals surface area contributed by atoms with Gasteiger partial charge < -0.3 is 14.2 Å². The fraction of sp³-hybridized carbons (Fsp3) is 0.188. The molecule has 26 heavy (non-hydrogen) atoms. The Morgan fingerprint density at radius 2 is 2.12 bits per heavy atom. The Balaban J connectivity index is 1.65. The van der Waals surface area contributed by atoms with Gasteiger partial charge in [-0.1, -0.05) is 23.9 Å². The van der Waals surface area contributed by atoms with Crippen LogP contribution in [0.25, 0.3) is 11.5 Å². The highest BCUT2D eigenvalue weighted by molar-refractivity contribution is 7.99. The molecule has 2 aromatic heterocycles. The number of nitro benzene ring substituents is 1. The number of para-hydroxylation sites is 1. The zero-order chi connectivity index (χ0) is 18.7. The van der Waals surface area contributed by atoms with Crippen LogP contribution in [-0.2, 0) is 4.79 Å². The van der Waals surface area contributed by atoms with E-state index in [0.29, 0.717) is 22.8 Å². The van der Waals surface area contributed by atoms with Crippen molar-refractivity contribution in [2.45, 2.75) is 19.1 Å². The summed E-state index contributed by atoms with van der Waals surface area (Å²) in [5.74, 6) is 0.507. The van der Waals surface area contributed by atoms with Crippen molar-refractivity contribution in [3.63, 3.8) is 0 Å². The molecule has 2 heterocycles. The Morgan fingerprint density at radius 3 is 2.81 bits per heavy atom. The van der Waals surface area contributed by atoms with E-state index in [2.05, 4.69) is 15.5 Å². The number of nitrogens with zero attached hydrogens (tertiary/aromatic N) is 3. The fourth-order valence-electron chi connectivity index (χ4n) is 2.25. The quantitative estimate of drug-likeness (QED) is 0.394. The lowest BCUT2D eigenvalue weighted by Crippen LogP contribution is -2.16. The van der Waals surface area contributed by atoms with Crippen molar-refractivity contribution in [2.24, 2.45) is 0 Å². The van der Waals surface area contributed by atoms with Gasteiger partial charge in [-0.2, -0.15) is 0 Å². The lowest BCUT2D eigenvalue weighted by atomic mass is 10.1. The van der Waals surface area contributed by atoms with E-state index in [1.165, 1.54) is 12.3 Å². The second-order valence-corrected chi connectivity index (χ2v) is 6.25. The van der Waals surface area contributed by atoms with E-state index in [0.717, 1.165) is 11.8 Å². The number of thioether (sulfide) groups is 1. The highest BCUT2D eigenvalue weighted by Gasteiger charge is 2.19. The number of aromatic nitrogens is 2. The number of aryl methyl sites for hydroxylation is 2. The van der Waals surface area contributed by atoms with Crippen molar-refractivity contribution in [2.75, 3.05) is 11.1 Å². The second-order valence-electron chi connectivity index (χ2n) is 5.33. The molecule has 0 spiro atoms. The molecule has 3 aromatic rings. The summed E-state index contributed by atoms with van der Waals surface area (Å²) in [6, 6.07) is 6.30. The molecule has 0 aliphatic heterocycles. The van der Waals surface area contributed by atoms with Gasteiger partial charge in [-0.3, -0.25) is 14.9 Å². The van der Waals surface area contributed by atoms with Gasteiger partial charge in [-0.15, -0.1) is 10.2 Å². The normalized spacial score (nSPS) is 10.7. The molecule has 9 nitrogen and oxygen atoms in total. The molecule has 0 unspecified atom stereocenters. The smallest absolute Gasteiger partial charge is 0.293 e. The summed E-state index contributed by atoms with van der Waals surface area (Å²) in [6.07, 6.45) is 1.52. The molecule has 0 saturated heterocycles. The summed E-state index contributed by atoms with van der Waals surface area (Å²) >= 11 is 1.04. The Morgan fingerprint density at radius 1 is 1.31 bits per heavy atom. The number of amides is 1. The average Bonchev–Trinajstić information content (AvgIpc) is 3.23. The maximum absolute atomic E-state index is 12.1. The van der Waals surface area contributed by atoms with Crippen LogP contribution in [-0.4, -0.2) is 26.8 Å². The lowest BCUT2D eigenvalue weighted by Gasteiger charge is -2.08. The van der Waals surface area contributed by atoms with Gasteiger partial charge in [0.05, 0.1) is 22.5 Å². The van der Waals surface area contributed by atoms with Crippen molar-refractivity contribution < 1.29 is 18.6 Å². The molecule has 0 aliphatic carbocycles.